The third-order valence-electron chi connectivity index (χ3n) is 8.15. The Morgan fingerprint density at radius 1 is 1.14 bits per heavy atom. The molecule has 5 rings (SSSR count). The van der Waals surface area contributed by atoms with Gasteiger partial charge in [-0.2, -0.15) is 0 Å². The molecular weight excluding hydrogens is 631 g/mol. The van der Waals surface area contributed by atoms with Crippen molar-refractivity contribution < 1.29 is 27.9 Å². The Kier molecular flexibility index (Phi) is 8.74. The number of benzene rings is 2. The average molecular weight is 666 g/mol. The molecule has 2 aromatic carbocycles. The van der Waals surface area contributed by atoms with Crippen molar-refractivity contribution in [1.82, 2.24) is 9.88 Å². The lowest BCUT2D eigenvalue weighted by Crippen LogP contribution is -2.62. The number of carboxylic acid groups (broad SMARTS) is 1. The maximum Gasteiger partial charge on any atom is 0.347 e. The van der Waals surface area contributed by atoms with Crippen molar-refractivity contribution >= 4 is 56.3 Å². The van der Waals surface area contributed by atoms with Gasteiger partial charge in [-0.05, 0) is 81.8 Å². The Morgan fingerprint density at radius 3 is 2.37 bits per heavy atom. The standard InChI is InChI=1S/C31H34Cl2N2O6S2/c1-30(2,3)43(39,40)17-23(18-8-9-18)35-26(19-10-12-21(32)13-11-19)27(20-6-5-7-22(33)14-20)41-31(4,29(35)38)15-25-34-16-24(42-25)28(36)37/h5-7,10-14,16,18,23,26-27H,8-9,15,17H2,1-4H3,(H,36,37)/t23?,26-,27-,31-/m1/s1. The van der Waals surface area contributed by atoms with Crippen LogP contribution in [0.5, 0.6) is 0 Å². The van der Waals surface area contributed by atoms with Gasteiger partial charge in [0, 0.05) is 22.5 Å². The van der Waals surface area contributed by atoms with Gasteiger partial charge in [-0.15, -0.1) is 11.3 Å². The molecule has 1 unspecified atom stereocenters. The largest absolute Gasteiger partial charge is 0.477 e. The summed E-state index contributed by atoms with van der Waals surface area (Å²) >= 11 is 13.7. The molecule has 12 heteroatoms. The predicted molar refractivity (Wildman–Crippen MR) is 168 cm³/mol. The van der Waals surface area contributed by atoms with Crippen LogP contribution in [0.2, 0.25) is 10.0 Å². The Labute approximate surface area is 265 Å². The van der Waals surface area contributed by atoms with Gasteiger partial charge in [0.15, 0.2) is 15.4 Å². The molecule has 1 saturated carbocycles. The second-order valence-electron chi connectivity index (χ2n) is 12.4. The summed E-state index contributed by atoms with van der Waals surface area (Å²) in [4.78, 5) is 32.4. The summed E-state index contributed by atoms with van der Waals surface area (Å²) in [7, 11) is -3.63. The van der Waals surface area contributed by atoms with Gasteiger partial charge in [0.05, 0.1) is 27.7 Å². The fraction of sp³-hybridized carbons (Fsp3) is 0.452. The molecule has 2 heterocycles. The van der Waals surface area contributed by atoms with Crippen LogP contribution in [0, 0.1) is 5.92 Å². The maximum atomic E-state index is 14.8. The highest BCUT2D eigenvalue weighted by Gasteiger charge is 2.56. The first-order chi connectivity index (χ1) is 20.1. The smallest absolute Gasteiger partial charge is 0.347 e. The van der Waals surface area contributed by atoms with Crippen molar-refractivity contribution in [3.05, 3.63) is 85.8 Å². The number of hydrogen-bond donors (Lipinski definition) is 1. The molecule has 8 nitrogen and oxygen atoms in total. The summed E-state index contributed by atoms with van der Waals surface area (Å²) in [6.07, 6.45) is 2.14. The third kappa shape index (κ3) is 6.63. The number of carbonyl (C=O) groups is 2. The molecule has 1 aromatic heterocycles. The molecule has 1 saturated heterocycles. The molecular formula is C31H34Cl2N2O6S2. The van der Waals surface area contributed by atoms with Crippen LogP contribution in [0.15, 0.2) is 54.7 Å². The Morgan fingerprint density at radius 2 is 1.81 bits per heavy atom. The lowest BCUT2D eigenvalue weighted by molar-refractivity contribution is -0.202. The number of aromatic nitrogens is 1. The molecule has 3 aromatic rings. The molecule has 1 aliphatic heterocycles. The second kappa shape index (κ2) is 11.8. The zero-order valence-corrected chi connectivity index (χ0v) is 27.4. The Bertz CT molecular complexity index is 1630. The van der Waals surface area contributed by atoms with Crippen LogP contribution in [0.3, 0.4) is 0 Å². The summed E-state index contributed by atoms with van der Waals surface area (Å²) in [6.45, 7) is 6.69. The summed E-state index contributed by atoms with van der Waals surface area (Å²) in [5.74, 6) is -1.68. The molecule has 1 amide bonds. The number of thiazole rings is 1. The molecule has 0 bridgehead atoms. The summed E-state index contributed by atoms with van der Waals surface area (Å²) in [5.41, 5.74) is -0.0249. The SMILES string of the molecule is CC(C)(C)S(=O)(=O)CC(C1CC1)N1C(=O)[C@@](C)(Cc2ncc(C(=O)O)s2)O[C@H](c2cccc(Cl)c2)[C@H]1c1ccc(Cl)cc1. The number of morpholine rings is 1. The minimum atomic E-state index is -3.63. The van der Waals surface area contributed by atoms with Crippen LogP contribution < -0.4 is 0 Å². The van der Waals surface area contributed by atoms with Crippen molar-refractivity contribution in [2.75, 3.05) is 5.75 Å². The fourth-order valence-electron chi connectivity index (χ4n) is 5.52. The van der Waals surface area contributed by atoms with E-state index in [0.717, 1.165) is 35.3 Å². The first kappa shape index (κ1) is 31.9. The minimum Gasteiger partial charge on any atom is -0.477 e. The molecule has 43 heavy (non-hydrogen) atoms. The van der Waals surface area contributed by atoms with E-state index in [9.17, 15) is 23.1 Å². The van der Waals surface area contributed by atoms with Crippen LogP contribution in [0.25, 0.3) is 0 Å². The number of carbonyl (C=O) groups excluding carboxylic acids is 1. The van der Waals surface area contributed by atoms with Crippen LogP contribution in [-0.4, -0.2) is 57.4 Å². The van der Waals surface area contributed by atoms with Gasteiger partial charge in [-0.25, -0.2) is 18.2 Å². The van der Waals surface area contributed by atoms with Gasteiger partial charge in [0.25, 0.3) is 5.91 Å². The van der Waals surface area contributed by atoms with E-state index >= 15 is 0 Å². The number of rotatable bonds is 9. The van der Waals surface area contributed by atoms with Crippen molar-refractivity contribution in [3.63, 3.8) is 0 Å². The van der Waals surface area contributed by atoms with Crippen LogP contribution in [-0.2, 0) is 25.8 Å². The van der Waals surface area contributed by atoms with Crippen LogP contribution >= 0.6 is 34.5 Å². The molecule has 2 fully saturated rings. The van der Waals surface area contributed by atoms with E-state index in [1.54, 1.807) is 62.9 Å². The maximum absolute atomic E-state index is 14.8. The van der Waals surface area contributed by atoms with E-state index in [1.807, 2.05) is 18.2 Å². The van der Waals surface area contributed by atoms with E-state index < -0.39 is 44.3 Å². The van der Waals surface area contributed by atoms with E-state index in [0.29, 0.717) is 15.1 Å². The van der Waals surface area contributed by atoms with Gasteiger partial charge >= 0.3 is 5.97 Å². The van der Waals surface area contributed by atoms with E-state index in [2.05, 4.69) is 4.98 Å². The highest BCUT2D eigenvalue weighted by molar-refractivity contribution is 7.92. The average Bonchev–Trinajstić information content (AvgIpc) is 3.66. The number of carboxylic acids is 1. The highest BCUT2D eigenvalue weighted by Crippen LogP contribution is 2.51. The zero-order chi connectivity index (χ0) is 31.3. The van der Waals surface area contributed by atoms with Crippen LogP contribution in [0.1, 0.15) is 78.5 Å². The number of hydrogen-bond acceptors (Lipinski definition) is 7. The lowest BCUT2D eigenvalue weighted by atomic mass is 9.85. The van der Waals surface area contributed by atoms with Gasteiger partial charge in [0.2, 0.25) is 0 Å². The lowest BCUT2D eigenvalue weighted by Gasteiger charge is -2.52. The number of amides is 1. The van der Waals surface area contributed by atoms with Gasteiger partial charge in [-0.3, -0.25) is 4.79 Å². The molecule has 0 radical (unpaired) electrons. The fourth-order valence-corrected chi connectivity index (χ4v) is 8.13. The number of aromatic carboxylic acids is 1. The van der Waals surface area contributed by atoms with E-state index in [4.69, 9.17) is 27.9 Å². The number of ether oxygens (including phenoxy) is 1. The zero-order valence-electron chi connectivity index (χ0n) is 24.3. The third-order valence-corrected chi connectivity index (χ3v) is 12.3. The van der Waals surface area contributed by atoms with Gasteiger partial charge in [0.1, 0.15) is 11.0 Å². The quantitative estimate of drug-likeness (QED) is 0.268. The van der Waals surface area contributed by atoms with Crippen molar-refractivity contribution in [1.29, 1.82) is 0 Å². The molecule has 230 valence electrons. The molecule has 2 aliphatic rings. The minimum absolute atomic E-state index is 0.00304. The predicted octanol–water partition coefficient (Wildman–Crippen LogP) is 6.78. The van der Waals surface area contributed by atoms with Crippen LogP contribution in [0.4, 0.5) is 0 Å². The van der Waals surface area contributed by atoms with Gasteiger partial charge < -0.3 is 14.7 Å². The molecule has 1 N–H and O–H groups in total. The summed E-state index contributed by atoms with van der Waals surface area (Å²) in [5, 5.41) is 10.9. The molecule has 0 spiro atoms. The second-order valence-corrected chi connectivity index (χ2v) is 17.2. The van der Waals surface area contributed by atoms with Crippen molar-refractivity contribution in [2.24, 2.45) is 5.92 Å². The Balaban J connectivity index is 1.69. The summed E-state index contributed by atoms with van der Waals surface area (Å²) < 4.78 is 33.1. The van der Waals surface area contributed by atoms with Gasteiger partial charge in [-0.1, -0.05) is 47.5 Å². The first-order valence-electron chi connectivity index (χ1n) is 14.0. The number of sulfone groups is 1. The Hall–Kier alpha value is -2.50. The number of halogens is 2. The van der Waals surface area contributed by atoms with E-state index in [-0.39, 0.29) is 28.9 Å². The topological polar surface area (TPSA) is 114 Å². The monoisotopic (exact) mass is 664 g/mol. The molecule has 4 atom stereocenters. The summed E-state index contributed by atoms with van der Waals surface area (Å²) in [6, 6.07) is 13.0. The highest BCUT2D eigenvalue weighted by atomic mass is 35.5. The normalized spacial score (nSPS) is 23.8. The first-order valence-corrected chi connectivity index (χ1v) is 17.2. The molecule has 1 aliphatic carbocycles. The van der Waals surface area contributed by atoms with Crippen molar-refractivity contribution in [2.45, 2.75) is 75.5 Å². The van der Waals surface area contributed by atoms with Crippen molar-refractivity contribution in [3.8, 4) is 0 Å². The number of nitrogens with zero attached hydrogens (tertiary/aromatic N) is 2. The van der Waals surface area contributed by atoms with E-state index in [1.165, 1.54) is 6.20 Å².